The van der Waals surface area contributed by atoms with Gasteiger partial charge < -0.3 is 11.1 Å². The molecule has 0 atom stereocenters. The molecule has 1 aromatic heterocycles. The number of rotatable bonds is 7. The number of aryl methyl sites for hydroxylation is 1. The predicted molar refractivity (Wildman–Crippen MR) is 73.1 cm³/mol. The van der Waals surface area contributed by atoms with Crippen molar-refractivity contribution in [3.05, 3.63) is 12.3 Å². The summed E-state index contributed by atoms with van der Waals surface area (Å²) in [6.45, 7) is 4.54. The van der Waals surface area contributed by atoms with Crippen LogP contribution in [0.25, 0.3) is 0 Å². The van der Waals surface area contributed by atoms with Crippen LogP contribution in [0.15, 0.2) is 12.3 Å². The van der Waals surface area contributed by atoms with Crippen molar-refractivity contribution in [2.45, 2.75) is 39.5 Å². The van der Waals surface area contributed by atoms with E-state index in [0.717, 1.165) is 25.7 Å². The Bertz CT molecular complexity index is 380. The molecule has 18 heavy (non-hydrogen) atoms. The molecule has 3 N–H and O–H groups in total. The van der Waals surface area contributed by atoms with E-state index in [9.17, 15) is 4.79 Å². The molecule has 0 unspecified atom stereocenters. The molecule has 1 amide bonds. The average molecular weight is 252 g/mol. The average Bonchev–Trinajstić information content (AvgIpc) is 2.74. The first kappa shape index (κ1) is 14.7. The fourth-order valence-electron chi connectivity index (χ4n) is 2.34. The van der Waals surface area contributed by atoms with Gasteiger partial charge in [-0.25, -0.2) is 0 Å². The maximum Gasteiger partial charge on any atom is 0.233 e. The maximum atomic E-state index is 12.4. The van der Waals surface area contributed by atoms with Gasteiger partial charge in [0.05, 0.1) is 5.41 Å². The molecular formula is C13H24N4O. The molecule has 5 nitrogen and oxygen atoms in total. The molecule has 0 saturated carbocycles. The minimum absolute atomic E-state index is 0.00704. The normalized spacial score (nSPS) is 11.6. The van der Waals surface area contributed by atoms with Crippen LogP contribution in [-0.4, -0.2) is 22.2 Å². The molecule has 0 saturated heterocycles. The van der Waals surface area contributed by atoms with Crippen molar-refractivity contribution in [1.82, 2.24) is 9.78 Å². The van der Waals surface area contributed by atoms with Gasteiger partial charge >= 0.3 is 0 Å². The van der Waals surface area contributed by atoms with Crippen LogP contribution in [0.2, 0.25) is 0 Å². The molecule has 1 aromatic rings. The lowest BCUT2D eigenvalue weighted by Crippen LogP contribution is -2.42. The lowest BCUT2D eigenvalue weighted by Gasteiger charge is -2.30. The molecule has 0 aromatic carbocycles. The number of aromatic nitrogens is 2. The van der Waals surface area contributed by atoms with Gasteiger partial charge in [0.1, 0.15) is 0 Å². The summed E-state index contributed by atoms with van der Waals surface area (Å²) in [5, 5.41) is 7.04. The summed E-state index contributed by atoms with van der Waals surface area (Å²) in [6.07, 6.45) is 5.34. The number of anilines is 1. The summed E-state index contributed by atoms with van der Waals surface area (Å²) in [5.74, 6) is 0.583. The second-order valence-electron chi connectivity index (χ2n) is 4.81. The van der Waals surface area contributed by atoms with Crippen molar-refractivity contribution in [1.29, 1.82) is 0 Å². The van der Waals surface area contributed by atoms with E-state index in [4.69, 9.17) is 5.73 Å². The van der Waals surface area contributed by atoms with Crippen LogP contribution in [0.4, 0.5) is 5.82 Å². The second kappa shape index (κ2) is 6.54. The van der Waals surface area contributed by atoms with E-state index >= 15 is 0 Å². The summed E-state index contributed by atoms with van der Waals surface area (Å²) in [4.78, 5) is 12.4. The van der Waals surface area contributed by atoms with Crippen molar-refractivity contribution >= 4 is 11.7 Å². The second-order valence-corrected chi connectivity index (χ2v) is 4.81. The molecule has 0 fully saturated rings. The van der Waals surface area contributed by atoms with E-state index in [0.29, 0.717) is 12.4 Å². The van der Waals surface area contributed by atoms with Gasteiger partial charge in [0.2, 0.25) is 5.91 Å². The number of nitrogens with one attached hydrogen (secondary N) is 1. The summed E-state index contributed by atoms with van der Waals surface area (Å²) in [6, 6.07) is 1.79. The van der Waals surface area contributed by atoms with E-state index in [-0.39, 0.29) is 5.91 Å². The van der Waals surface area contributed by atoms with Crippen LogP contribution >= 0.6 is 0 Å². The van der Waals surface area contributed by atoms with Gasteiger partial charge in [0.15, 0.2) is 5.82 Å². The number of hydrogen-bond acceptors (Lipinski definition) is 3. The fraction of sp³-hybridized carbons (Fsp3) is 0.692. The number of carbonyl (C=O) groups excluding carboxylic acids is 1. The maximum absolute atomic E-state index is 12.4. The topological polar surface area (TPSA) is 72.9 Å². The van der Waals surface area contributed by atoms with Gasteiger partial charge in [-0.3, -0.25) is 9.48 Å². The lowest BCUT2D eigenvalue weighted by atomic mass is 9.78. The molecule has 0 aliphatic rings. The van der Waals surface area contributed by atoms with Crippen molar-refractivity contribution in [3.63, 3.8) is 0 Å². The van der Waals surface area contributed by atoms with Crippen molar-refractivity contribution in [3.8, 4) is 0 Å². The Morgan fingerprint density at radius 3 is 2.44 bits per heavy atom. The van der Waals surface area contributed by atoms with Crippen LogP contribution in [0.5, 0.6) is 0 Å². The molecule has 0 bridgehead atoms. The van der Waals surface area contributed by atoms with Gasteiger partial charge in [0.25, 0.3) is 0 Å². The fourth-order valence-corrected chi connectivity index (χ4v) is 2.34. The summed E-state index contributed by atoms with van der Waals surface area (Å²) < 4.78 is 1.67. The molecule has 0 aliphatic carbocycles. The van der Waals surface area contributed by atoms with Crippen LogP contribution in [0.1, 0.15) is 39.5 Å². The number of nitrogens with zero attached hydrogens (tertiary/aromatic N) is 2. The molecule has 0 aliphatic heterocycles. The van der Waals surface area contributed by atoms with Gasteiger partial charge in [-0.2, -0.15) is 5.10 Å². The van der Waals surface area contributed by atoms with Gasteiger partial charge in [-0.15, -0.1) is 0 Å². The highest BCUT2D eigenvalue weighted by molar-refractivity contribution is 5.94. The highest BCUT2D eigenvalue weighted by atomic mass is 16.2. The first-order chi connectivity index (χ1) is 8.57. The summed E-state index contributed by atoms with van der Waals surface area (Å²) in [7, 11) is 1.82. The van der Waals surface area contributed by atoms with Gasteiger partial charge in [0, 0.05) is 25.9 Å². The number of carbonyl (C=O) groups is 1. The number of hydrogen-bond donors (Lipinski definition) is 2. The Labute approximate surface area is 109 Å². The SMILES string of the molecule is CCCC(CN)(CCC)C(=O)Nc1ccn(C)n1. The quantitative estimate of drug-likeness (QED) is 0.778. The van der Waals surface area contributed by atoms with Crippen LogP contribution in [0, 0.1) is 5.41 Å². The molecule has 1 rings (SSSR count). The molecule has 5 heteroatoms. The third-order valence-corrected chi connectivity index (χ3v) is 3.28. The third kappa shape index (κ3) is 3.32. The van der Waals surface area contributed by atoms with Crippen molar-refractivity contribution in [2.75, 3.05) is 11.9 Å². The highest BCUT2D eigenvalue weighted by Gasteiger charge is 2.35. The van der Waals surface area contributed by atoms with Crippen LogP contribution < -0.4 is 11.1 Å². The standard InChI is InChI=1S/C13H24N4O/c1-4-7-13(10-14,8-5-2)12(18)15-11-6-9-17(3)16-11/h6,9H,4-5,7-8,10,14H2,1-3H3,(H,15,16,18). The minimum Gasteiger partial charge on any atom is -0.329 e. The predicted octanol–water partition coefficient (Wildman–Crippen LogP) is 1.90. The Balaban J connectivity index is 2.81. The minimum atomic E-state index is -0.457. The Hall–Kier alpha value is -1.36. The monoisotopic (exact) mass is 252 g/mol. The van der Waals surface area contributed by atoms with Crippen molar-refractivity contribution < 1.29 is 4.79 Å². The molecule has 0 radical (unpaired) electrons. The van der Waals surface area contributed by atoms with Gasteiger partial charge in [-0.05, 0) is 12.8 Å². The Morgan fingerprint density at radius 2 is 2.06 bits per heavy atom. The van der Waals surface area contributed by atoms with E-state index in [1.807, 2.05) is 7.05 Å². The summed E-state index contributed by atoms with van der Waals surface area (Å²) >= 11 is 0. The lowest BCUT2D eigenvalue weighted by molar-refractivity contribution is -0.126. The zero-order chi connectivity index (χ0) is 13.6. The van der Waals surface area contributed by atoms with E-state index in [2.05, 4.69) is 24.3 Å². The number of amides is 1. The summed E-state index contributed by atoms with van der Waals surface area (Å²) in [5.41, 5.74) is 5.40. The Kier molecular flexibility index (Phi) is 5.34. The van der Waals surface area contributed by atoms with E-state index < -0.39 is 5.41 Å². The largest absolute Gasteiger partial charge is 0.329 e. The smallest absolute Gasteiger partial charge is 0.233 e. The first-order valence-electron chi connectivity index (χ1n) is 6.59. The first-order valence-corrected chi connectivity index (χ1v) is 6.59. The third-order valence-electron chi connectivity index (χ3n) is 3.28. The zero-order valence-corrected chi connectivity index (χ0v) is 11.6. The van der Waals surface area contributed by atoms with Crippen LogP contribution in [0.3, 0.4) is 0 Å². The number of nitrogens with two attached hydrogens (primary N) is 1. The van der Waals surface area contributed by atoms with Crippen molar-refractivity contribution in [2.24, 2.45) is 18.2 Å². The molecule has 102 valence electrons. The van der Waals surface area contributed by atoms with Crippen LogP contribution in [-0.2, 0) is 11.8 Å². The molecule has 0 spiro atoms. The zero-order valence-electron chi connectivity index (χ0n) is 11.6. The highest BCUT2D eigenvalue weighted by Crippen LogP contribution is 2.30. The molecule has 1 heterocycles. The van der Waals surface area contributed by atoms with Gasteiger partial charge in [-0.1, -0.05) is 26.7 Å². The van der Waals surface area contributed by atoms with E-state index in [1.54, 1.807) is 16.9 Å². The molecular weight excluding hydrogens is 228 g/mol. The Morgan fingerprint density at radius 1 is 1.44 bits per heavy atom. The van der Waals surface area contributed by atoms with E-state index in [1.165, 1.54) is 0 Å².